The summed E-state index contributed by atoms with van der Waals surface area (Å²) in [6.07, 6.45) is 25.5. The second kappa shape index (κ2) is 20.7. The monoisotopic (exact) mass is 820 g/mol. The summed E-state index contributed by atoms with van der Waals surface area (Å²) in [4.78, 5) is 3.43. The molecule has 3 aliphatic rings. The average Bonchev–Trinajstić information content (AvgIpc) is 3.88. The third-order valence-corrected chi connectivity index (χ3v) is 13.4. The fraction of sp³-hybridized carbons (Fsp3) is 0.510. The first-order valence-electron chi connectivity index (χ1n) is 21.5. The summed E-state index contributed by atoms with van der Waals surface area (Å²) in [5, 5.41) is 4.37. The molecular formula is C49H70BrF2N3. The van der Waals surface area contributed by atoms with Crippen LogP contribution in [0.2, 0.25) is 0 Å². The highest BCUT2D eigenvalue weighted by molar-refractivity contribution is 9.10. The fourth-order valence-corrected chi connectivity index (χ4v) is 10.3. The van der Waals surface area contributed by atoms with Crippen molar-refractivity contribution in [2.45, 2.75) is 135 Å². The smallest absolute Gasteiger partial charge is 0.0890 e. The van der Waals surface area contributed by atoms with Crippen molar-refractivity contribution < 1.29 is 13.0 Å². The first-order chi connectivity index (χ1) is 27.2. The molecule has 0 radical (unpaired) electrons. The molecule has 0 saturated heterocycles. The number of nitrogens with one attached hydrogen (secondary N) is 1. The Kier molecular flexibility index (Phi) is 15.5. The minimum absolute atomic E-state index is 0. The summed E-state index contributed by atoms with van der Waals surface area (Å²) >= 11 is 3.82. The molecular weight excluding hydrogens is 748 g/mol. The molecule has 0 unspecified atom stereocenters. The number of hydrogen-bond donors (Lipinski definition) is 1. The lowest BCUT2D eigenvalue weighted by Crippen LogP contribution is -2.04. The van der Waals surface area contributed by atoms with Gasteiger partial charge < -0.3 is 14.1 Å². The largest absolute Gasteiger partial charge is 0.361 e. The number of benzene rings is 3. The lowest BCUT2D eigenvalue weighted by molar-refractivity contribution is 0.444. The zero-order chi connectivity index (χ0) is 40.2. The van der Waals surface area contributed by atoms with Crippen molar-refractivity contribution in [1.82, 2.24) is 14.1 Å². The van der Waals surface area contributed by atoms with Crippen molar-refractivity contribution >= 4 is 48.6 Å². The van der Waals surface area contributed by atoms with Crippen molar-refractivity contribution in [3.05, 3.63) is 105 Å². The molecule has 0 amide bonds. The first-order valence-corrected chi connectivity index (χ1v) is 21.6. The number of halogens is 3. The van der Waals surface area contributed by atoms with Crippen LogP contribution in [0.3, 0.4) is 0 Å². The molecule has 3 aromatic heterocycles. The predicted octanol–water partition coefficient (Wildman–Crippen LogP) is 16.0. The highest BCUT2D eigenvalue weighted by Gasteiger charge is 2.24. The van der Waals surface area contributed by atoms with Crippen molar-refractivity contribution in [3.8, 4) is 0 Å². The summed E-state index contributed by atoms with van der Waals surface area (Å²) in [5.74, 6) is 2.35. The molecule has 3 aromatic carbocycles. The van der Waals surface area contributed by atoms with E-state index in [1.54, 1.807) is 16.7 Å². The molecule has 0 bridgehead atoms. The van der Waals surface area contributed by atoms with E-state index in [1.165, 1.54) is 150 Å². The molecule has 0 spiro atoms. The van der Waals surface area contributed by atoms with Crippen LogP contribution in [0.15, 0.2) is 71.6 Å². The van der Waals surface area contributed by atoms with E-state index in [2.05, 4.69) is 132 Å². The van der Waals surface area contributed by atoms with Crippen LogP contribution in [0.4, 0.5) is 8.78 Å². The Morgan fingerprint density at radius 1 is 0.636 bits per heavy atom. The Bertz CT molecular complexity index is 2120. The van der Waals surface area contributed by atoms with Crippen LogP contribution in [0.5, 0.6) is 0 Å². The summed E-state index contributed by atoms with van der Waals surface area (Å²) in [6.45, 7) is 6.49. The zero-order valence-corrected chi connectivity index (χ0v) is 36.0. The standard InChI is InChI=1S/C16H20BrN.C16H21N.C15H19N.2CH3F.2H2/c1-11-8-9-13-14(10-11)18(2)16(17)15(13)12-6-4-3-5-7-12;1-12-8-9-14-15(11-17(2)16(14)10-12)13-6-4-3-5-7-13;1-11-7-8-13-14(10-16-15(13)9-11)12-5-3-2-4-6-12;2*1-2;;/h8-10,12H,3-7H2,1-2H3;8-11,13H,3-7H2,1-2H3;7-10,12,16H,2-6H2,1H3;2*1H3;2*1H/i;;;1D;;1+2;. The Morgan fingerprint density at radius 2 is 1.09 bits per heavy atom. The number of hydrogen-bond acceptors (Lipinski definition) is 0. The van der Waals surface area contributed by atoms with Gasteiger partial charge in [0.25, 0.3) is 0 Å². The number of fused-ring (bicyclic) bond motifs is 3. The maximum Gasteiger partial charge on any atom is 0.0890 e. The quantitative estimate of drug-likeness (QED) is 0.184. The summed E-state index contributed by atoms with van der Waals surface area (Å²) < 4.78 is 30.9. The molecule has 302 valence electrons. The first kappa shape index (κ1) is 41.3. The van der Waals surface area contributed by atoms with Crippen LogP contribution in [-0.2, 0) is 14.1 Å². The topological polar surface area (TPSA) is 25.6 Å². The van der Waals surface area contributed by atoms with Gasteiger partial charge in [-0.2, -0.15) is 0 Å². The lowest BCUT2D eigenvalue weighted by atomic mass is 9.84. The second-order valence-electron chi connectivity index (χ2n) is 16.3. The Hall–Kier alpha value is -3.38. The molecule has 3 nitrogen and oxygen atoms in total. The van der Waals surface area contributed by atoms with Gasteiger partial charge in [-0.15, -0.1) is 0 Å². The Labute approximate surface area is 342 Å². The van der Waals surface area contributed by atoms with Crippen LogP contribution < -0.4 is 0 Å². The average molecular weight is 822 g/mol. The number of aromatic nitrogens is 3. The van der Waals surface area contributed by atoms with Crippen molar-refractivity contribution in [3.63, 3.8) is 0 Å². The molecule has 3 fully saturated rings. The molecule has 1 N–H and O–H groups in total. The number of H-pyrrole nitrogens is 1. The van der Waals surface area contributed by atoms with Gasteiger partial charge in [0.05, 0.1) is 20.3 Å². The van der Waals surface area contributed by atoms with Crippen molar-refractivity contribution in [1.29, 1.82) is 0 Å². The van der Waals surface area contributed by atoms with Crippen LogP contribution >= 0.6 is 15.9 Å². The van der Waals surface area contributed by atoms with Gasteiger partial charge in [0.15, 0.2) is 0 Å². The number of aromatic amines is 1. The summed E-state index contributed by atoms with van der Waals surface area (Å²) in [6, 6.07) is 20.5. The predicted molar refractivity (Wildman–Crippen MR) is 242 cm³/mol. The SMILES string of the molecule is CF.Cc1ccc2c(C3CCCCC3)c(Br)n(C)c2c1.Cc1ccc2c(C3CCCCC3)c[nH]c2c1.Cc1ccc2c(C3CCCCC3)cn(C)c2c1.[2H]CF.[3HH].[HH]. The van der Waals surface area contributed by atoms with E-state index < -0.39 is 7.15 Å². The van der Waals surface area contributed by atoms with Gasteiger partial charge in [-0.25, -0.2) is 0 Å². The van der Waals surface area contributed by atoms with E-state index in [1.807, 2.05) is 0 Å². The van der Waals surface area contributed by atoms with Gasteiger partial charge in [0.1, 0.15) is 0 Å². The van der Waals surface area contributed by atoms with E-state index in [0.29, 0.717) is 7.18 Å². The molecule has 6 aromatic rings. The number of alkyl halides is 2. The maximum absolute atomic E-state index is 9.96. The van der Waals surface area contributed by atoms with Crippen LogP contribution in [0.1, 0.15) is 152 Å². The lowest BCUT2D eigenvalue weighted by Gasteiger charge is -2.22. The molecule has 3 heterocycles. The minimum Gasteiger partial charge on any atom is -0.361 e. The van der Waals surface area contributed by atoms with Crippen molar-refractivity contribution in [2.24, 2.45) is 14.1 Å². The number of nitrogens with zero attached hydrogens (tertiary/aromatic N) is 2. The van der Waals surface area contributed by atoms with E-state index in [0.717, 1.165) is 17.8 Å². The summed E-state index contributed by atoms with van der Waals surface area (Å²) in [7, 11) is 3.84. The van der Waals surface area contributed by atoms with Gasteiger partial charge in [-0.3, -0.25) is 8.78 Å². The highest BCUT2D eigenvalue weighted by atomic mass is 79.9. The van der Waals surface area contributed by atoms with Gasteiger partial charge in [0, 0.05) is 62.1 Å². The van der Waals surface area contributed by atoms with Gasteiger partial charge in [0.2, 0.25) is 0 Å². The van der Waals surface area contributed by atoms with E-state index >= 15 is 0 Å². The van der Waals surface area contributed by atoms with Crippen LogP contribution in [-0.4, -0.2) is 28.4 Å². The highest BCUT2D eigenvalue weighted by Crippen LogP contribution is 2.42. The van der Waals surface area contributed by atoms with Crippen molar-refractivity contribution in [2.75, 3.05) is 14.3 Å². The molecule has 0 aliphatic heterocycles. The van der Waals surface area contributed by atoms with Gasteiger partial charge >= 0.3 is 0 Å². The normalized spacial score (nSPS) is 16.9. The third-order valence-electron chi connectivity index (χ3n) is 12.5. The van der Waals surface area contributed by atoms with Gasteiger partial charge in [-0.05, 0) is 145 Å². The van der Waals surface area contributed by atoms with E-state index in [4.69, 9.17) is 1.37 Å². The Balaban J connectivity index is 0.000000217. The molecule has 3 saturated carbocycles. The van der Waals surface area contributed by atoms with E-state index in [9.17, 15) is 8.78 Å². The minimum atomic E-state index is -1.00. The fourth-order valence-electron chi connectivity index (χ4n) is 9.60. The Morgan fingerprint density at radius 3 is 1.65 bits per heavy atom. The number of aryl methyl sites for hydroxylation is 5. The zero-order valence-electron chi connectivity index (χ0n) is 35.4. The molecule has 9 rings (SSSR count). The molecule has 0 atom stereocenters. The maximum atomic E-state index is 9.96. The van der Waals surface area contributed by atoms with E-state index in [-0.39, 0.29) is 2.85 Å². The van der Waals surface area contributed by atoms with Crippen LogP contribution in [0.25, 0.3) is 32.7 Å². The third kappa shape index (κ3) is 10.1. The molecule has 6 heteroatoms. The summed E-state index contributed by atoms with van der Waals surface area (Å²) in [5.41, 5.74) is 12.8. The molecule has 3 aliphatic carbocycles. The second-order valence-corrected chi connectivity index (χ2v) is 17.0. The van der Waals surface area contributed by atoms with Gasteiger partial charge in [-0.1, -0.05) is 94.2 Å². The number of rotatable bonds is 3. The molecule has 55 heavy (non-hydrogen) atoms. The van der Waals surface area contributed by atoms with Crippen LogP contribution in [0, 0.1) is 20.8 Å².